The van der Waals surface area contributed by atoms with E-state index in [0.717, 1.165) is 13.0 Å². The van der Waals surface area contributed by atoms with Crippen molar-refractivity contribution in [2.75, 3.05) is 6.61 Å². The lowest BCUT2D eigenvalue weighted by molar-refractivity contribution is 0.0725. The van der Waals surface area contributed by atoms with Crippen LogP contribution in [0.25, 0.3) is 0 Å². The smallest absolute Gasteiger partial charge is 0.0755 e. The van der Waals surface area contributed by atoms with Gasteiger partial charge in [0.15, 0.2) is 0 Å². The fraction of sp³-hybridized carbons (Fsp3) is 0.818. The van der Waals surface area contributed by atoms with Crippen LogP contribution in [-0.4, -0.2) is 12.7 Å². The largest absolute Gasteiger partial charge is 0.374 e. The summed E-state index contributed by atoms with van der Waals surface area (Å²) in [5.41, 5.74) is 0. The molecule has 0 bridgehead atoms. The fourth-order valence-corrected chi connectivity index (χ4v) is 1.54. The zero-order valence-electron chi connectivity index (χ0n) is 8.09. The number of unbranched alkanes of at least 4 members (excludes halogenated alkanes) is 3. The Kier molecular flexibility index (Phi) is 5.09. The topological polar surface area (TPSA) is 9.23 Å². The molecule has 1 aliphatic rings. The summed E-state index contributed by atoms with van der Waals surface area (Å²) in [6, 6.07) is 0. The Labute approximate surface area is 75.8 Å². The number of rotatable bonds is 5. The van der Waals surface area contributed by atoms with E-state index in [1.165, 1.54) is 32.1 Å². The van der Waals surface area contributed by atoms with Crippen molar-refractivity contribution in [2.45, 2.75) is 51.6 Å². The number of hydrogen-bond donors (Lipinski definition) is 0. The Morgan fingerprint density at radius 3 is 2.92 bits per heavy atom. The molecule has 0 N–H and O–H groups in total. The van der Waals surface area contributed by atoms with E-state index in [4.69, 9.17) is 4.74 Å². The number of ether oxygens (including phenoxy) is 1. The van der Waals surface area contributed by atoms with Gasteiger partial charge in [0.2, 0.25) is 0 Å². The predicted octanol–water partition coefficient (Wildman–Crippen LogP) is 3.30. The first-order chi connectivity index (χ1) is 5.93. The van der Waals surface area contributed by atoms with Crippen LogP contribution in [0.3, 0.4) is 0 Å². The van der Waals surface area contributed by atoms with Crippen molar-refractivity contribution >= 4 is 0 Å². The molecule has 1 aliphatic heterocycles. The summed E-state index contributed by atoms with van der Waals surface area (Å²) >= 11 is 0. The normalized spacial score (nSPS) is 22.9. The Morgan fingerprint density at radius 2 is 2.25 bits per heavy atom. The Morgan fingerprint density at radius 1 is 1.33 bits per heavy atom. The standard InChI is InChI=1S/C11H20O/c1-2-3-4-5-8-11-9-6-7-10-12-11/h6,9,11H,2-5,7-8,10H2,1H3/t11-/m1/s1. The van der Waals surface area contributed by atoms with Crippen molar-refractivity contribution in [1.29, 1.82) is 0 Å². The lowest BCUT2D eigenvalue weighted by Crippen LogP contribution is -2.13. The summed E-state index contributed by atoms with van der Waals surface area (Å²) < 4.78 is 5.57. The van der Waals surface area contributed by atoms with Crippen LogP contribution < -0.4 is 0 Å². The highest BCUT2D eigenvalue weighted by molar-refractivity contribution is 4.92. The molecule has 12 heavy (non-hydrogen) atoms. The van der Waals surface area contributed by atoms with Crippen molar-refractivity contribution in [1.82, 2.24) is 0 Å². The van der Waals surface area contributed by atoms with Gasteiger partial charge in [0.1, 0.15) is 0 Å². The fourth-order valence-electron chi connectivity index (χ4n) is 1.54. The molecule has 0 amide bonds. The van der Waals surface area contributed by atoms with Crippen LogP contribution in [0.15, 0.2) is 12.2 Å². The predicted molar refractivity (Wildman–Crippen MR) is 52.3 cm³/mol. The highest BCUT2D eigenvalue weighted by atomic mass is 16.5. The average Bonchev–Trinajstić information content (AvgIpc) is 2.14. The molecule has 1 heterocycles. The number of hydrogen-bond acceptors (Lipinski definition) is 1. The molecule has 0 aromatic carbocycles. The quantitative estimate of drug-likeness (QED) is 0.452. The average molecular weight is 168 g/mol. The molecule has 0 spiro atoms. The highest BCUT2D eigenvalue weighted by Gasteiger charge is 2.06. The maximum atomic E-state index is 5.57. The monoisotopic (exact) mass is 168 g/mol. The first-order valence-corrected chi connectivity index (χ1v) is 5.21. The molecule has 1 heteroatoms. The van der Waals surface area contributed by atoms with E-state index in [1.54, 1.807) is 0 Å². The molecular formula is C11H20O. The summed E-state index contributed by atoms with van der Waals surface area (Å²) in [4.78, 5) is 0. The minimum absolute atomic E-state index is 0.426. The second-order valence-corrected chi connectivity index (χ2v) is 3.48. The van der Waals surface area contributed by atoms with Gasteiger partial charge in [-0.15, -0.1) is 0 Å². The highest BCUT2D eigenvalue weighted by Crippen LogP contribution is 2.12. The van der Waals surface area contributed by atoms with Gasteiger partial charge in [-0.05, 0) is 12.8 Å². The van der Waals surface area contributed by atoms with Gasteiger partial charge in [-0.2, -0.15) is 0 Å². The summed E-state index contributed by atoms with van der Waals surface area (Å²) in [5, 5.41) is 0. The first kappa shape index (κ1) is 9.79. The van der Waals surface area contributed by atoms with Gasteiger partial charge in [-0.1, -0.05) is 44.8 Å². The molecule has 1 atom stereocenters. The zero-order chi connectivity index (χ0) is 8.65. The van der Waals surface area contributed by atoms with Gasteiger partial charge < -0.3 is 4.74 Å². The first-order valence-electron chi connectivity index (χ1n) is 5.21. The third-order valence-electron chi connectivity index (χ3n) is 2.31. The van der Waals surface area contributed by atoms with E-state index in [9.17, 15) is 0 Å². The van der Waals surface area contributed by atoms with Crippen molar-refractivity contribution in [3.8, 4) is 0 Å². The third kappa shape index (κ3) is 3.91. The molecule has 1 nitrogen and oxygen atoms in total. The molecule has 70 valence electrons. The van der Waals surface area contributed by atoms with Crippen LogP contribution in [0.5, 0.6) is 0 Å². The van der Waals surface area contributed by atoms with E-state index >= 15 is 0 Å². The summed E-state index contributed by atoms with van der Waals surface area (Å²) in [6.07, 6.45) is 12.6. The molecule has 0 unspecified atom stereocenters. The zero-order valence-corrected chi connectivity index (χ0v) is 8.09. The van der Waals surface area contributed by atoms with Crippen LogP contribution in [0.4, 0.5) is 0 Å². The van der Waals surface area contributed by atoms with E-state index in [2.05, 4.69) is 19.1 Å². The van der Waals surface area contributed by atoms with Crippen LogP contribution in [-0.2, 0) is 4.74 Å². The van der Waals surface area contributed by atoms with Crippen molar-refractivity contribution in [2.24, 2.45) is 0 Å². The maximum Gasteiger partial charge on any atom is 0.0755 e. The van der Waals surface area contributed by atoms with Crippen LogP contribution in [0.1, 0.15) is 45.4 Å². The van der Waals surface area contributed by atoms with Gasteiger partial charge >= 0.3 is 0 Å². The molecule has 0 radical (unpaired) electrons. The SMILES string of the molecule is CCCCCC[C@@H]1C=CCCO1. The molecule has 0 saturated heterocycles. The van der Waals surface area contributed by atoms with Gasteiger partial charge in [0.25, 0.3) is 0 Å². The molecule has 1 rings (SSSR count). The minimum atomic E-state index is 0.426. The van der Waals surface area contributed by atoms with Crippen molar-refractivity contribution in [3.63, 3.8) is 0 Å². The van der Waals surface area contributed by atoms with Gasteiger partial charge in [0.05, 0.1) is 12.7 Å². The van der Waals surface area contributed by atoms with Crippen molar-refractivity contribution < 1.29 is 4.74 Å². The second-order valence-electron chi connectivity index (χ2n) is 3.48. The van der Waals surface area contributed by atoms with Crippen LogP contribution in [0, 0.1) is 0 Å². The lowest BCUT2D eigenvalue weighted by atomic mass is 10.1. The summed E-state index contributed by atoms with van der Waals surface area (Å²) in [5.74, 6) is 0. The van der Waals surface area contributed by atoms with Crippen LogP contribution in [0.2, 0.25) is 0 Å². The van der Waals surface area contributed by atoms with Gasteiger partial charge in [0, 0.05) is 0 Å². The summed E-state index contributed by atoms with van der Waals surface area (Å²) in [6.45, 7) is 3.17. The Hall–Kier alpha value is -0.300. The Balaban J connectivity index is 1.98. The minimum Gasteiger partial charge on any atom is -0.374 e. The molecular weight excluding hydrogens is 148 g/mol. The summed E-state index contributed by atoms with van der Waals surface area (Å²) in [7, 11) is 0. The van der Waals surface area contributed by atoms with E-state index in [-0.39, 0.29) is 0 Å². The molecule has 0 aromatic heterocycles. The third-order valence-corrected chi connectivity index (χ3v) is 2.31. The van der Waals surface area contributed by atoms with E-state index < -0.39 is 0 Å². The molecule has 0 saturated carbocycles. The van der Waals surface area contributed by atoms with Crippen molar-refractivity contribution in [3.05, 3.63) is 12.2 Å². The van der Waals surface area contributed by atoms with E-state index in [0.29, 0.717) is 6.10 Å². The molecule has 0 fully saturated rings. The van der Waals surface area contributed by atoms with Gasteiger partial charge in [-0.25, -0.2) is 0 Å². The molecule has 0 aromatic rings. The maximum absolute atomic E-state index is 5.57. The van der Waals surface area contributed by atoms with E-state index in [1.807, 2.05) is 0 Å². The van der Waals surface area contributed by atoms with Crippen LogP contribution >= 0.6 is 0 Å². The van der Waals surface area contributed by atoms with Gasteiger partial charge in [-0.3, -0.25) is 0 Å². The Bertz CT molecular complexity index is 129. The lowest BCUT2D eigenvalue weighted by Gasteiger charge is -2.16. The molecule has 0 aliphatic carbocycles. The second kappa shape index (κ2) is 6.24.